The van der Waals surface area contributed by atoms with Gasteiger partial charge in [-0.1, -0.05) is 18.9 Å². The summed E-state index contributed by atoms with van der Waals surface area (Å²) in [7, 11) is 1.55. The molecule has 3 aromatic rings. The van der Waals surface area contributed by atoms with Crippen molar-refractivity contribution in [1.82, 2.24) is 20.6 Å². The number of benzene rings is 1. The van der Waals surface area contributed by atoms with Gasteiger partial charge in [0.25, 0.3) is 0 Å². The van der Waals surface area contributed by atoms with Crippen LogP contribution in [0.4, 0.5) is 4.39 Å². The fourth-order valence-corrected chi connectivity index (χ4v) is 4.44. The number of aromatic nitrogens is 2. The van der Waals surface area contributed by atoms with Gasteiger partial charge in [0.2, 0.25) is 11.8 Å². The van der Waals surface area contributed by atoms with Crippen molar-refractivity contribution >= 4 is 22.8 Å². The van der Waals surface area contributed by atoms with E-state index in [9.17, 15) is 14.0 Å². The van der Waals surface area contributed by atoms with Crippen LogP contribution in [0.3, 0.4) is 0 Å². The standard InChI is InChI=1S/C24H28FN5O3/c1-14-13-29-21-20(14)19(7-10-28-21)33-18-6-5-15(11-16(18)25)12-17(26)22(31)30-24(23(32)27-2)8-3-4-9-24/h5-7,10-11,13,17H,3-4,8-9,12,26H2,1-2H3,(H,27,32)(H,28,29)(H,30,31)/t17-/m0/s1. The number of carbonyl (C=O) groups excluding carboxylic acids is 2. The Hall–Kier alpha value is -3.46. The number of aryl methyl sites for hydroxylation is 1. The van der Waals surface area contributed by atoms with Gasteiger partial charge < -0.3 is 26.1 Å². The van der Waals surface area contributed by atoms with E-state index in [0.717, 1.165) is 23.8 Å². The first-order chi connectivity index (χ1) is 15.8. The summed E-state index contributed by atoms with van der Waals surface area (Å²) in [4.78, 5) is 32.3. The lowest BCUT2D eigenvalue weighted by Gasteiger charge is -2.29. The smallest absolute Gasteiger partial charge is 0.245 e. The summed E-state index contributed by atoms with van der Waals surface area (Å²) >= 11 is 0. The fraction of sp³-hybridized carbons (Fsp3) is 0.375. The number of rotatable bonds is 7. The molecule has 0 spiro atoms. The number of aromatic amines is 1. The van der Waals surface area contributed by atoms with E-state index < -0.39 is 23.3 Å². The third-order valence-corrected chi connectivity index (χ3v) is 6.22. The van der Waals surface area contributed by atoms with E-state index in [1.807, 2.05) is 13.1 Å². The molecule has 1 atom stereocenters. The van der Waals surface area contributed by atoms with Gasteiger partial charge in [0.15, 0.2) is 11.6 Å². The van der Waals surface area contributed by atoms with Crippen molar-refractivity contribution in [3.8, 4) is 11.5 Å². The molecular formula is C24H28FN5O3. The number of nitrogens with two attached hydrogens (primary N) is 1. The molecule has 0 bridgehead atoms. The lowest BCUT2D eigenvalue weighted by molar-refractivity contribution is -0.133. The largest absolute Gasteiger partial charge is 0.453 e. The third kappa shape index (κ3) is 4.54. The van der Waals surface area contributed by atoms with Crippen molar-refractivity contribution in [2.45, 2.75) is 50.6 Å². The molecule has 0 unspecified atom stereocenters. The third-order valence-electron chi connectivity index (χ3n) is 6.22. The van der Waals surface area contributed by atoms with Crippen LogP contribution in [0.2, 0.25) is 0 Å². The summed E-state index contributed by atoms with van der Waals surface area (Å²) in [5, 5.41) is 6.25. The summed E-state index contributed by atoms with van der Waals surface area (Å²) in [6, 6.07) is 5.28. The molecule has 1 fully saturated rings. The van der Waals surface area contributed by atoms with Crippen LogP contribution < -0.4 is 21.1 Å². The number of nitrogens with one attached hydrogen (secondary N) is 3. The van der Waals surface area contributed by atoms with Gasteiger partial charge in [0.05, 0.1) is 11.4 Å². The number of fused-ring (bicyclic) bond motifs is 1. The minimum Gasteiger partial charge on any atom is -0.453 e. The van der Waals surface area contributed by atoms with E-state index in [1.54, 1.807) is 25.4 Å². The molecule has 174 valence electrons. The Morgan fingerprint density at radius 2 is 2.03 bits per heavy atom. The molecule has 1 aliphatic carbocycles. The lowest BCUT2D eigenvalue weighted by atomic mass is 9.95. The van der Waals surface area contributed by atoms with Gasteiger partial charge in [-0.15, -0.1) is 0 Å². The Bertz CT molecular complexity index is 1190. The molecule has 1 aromatic carbocycles. The number of hydrogen-bond acceptors (Lipinski definition) is 5. The molecule has 1 saturated carbocycles. The summed E-state index contributed by atoms with van der Waals surface area (Å²) in [6.45, 7) is 1.92. The number of pyridine rings is 1. The predicted octanol–water partition coefficient (Wildman–Crippen LogP) is 2.85. The molecule has 2 amide bonds. The molecule has 4 rings (SSSR count). The van der Waals surface area contributed by atoms with Crippen molar-refractivity contribution in [2.24, 2.45) is 5.73 Å². The van der Waals surface area contributed by atoms with Crippen LogP contribution in [0.5, 0.6) is 11.5 Å². The van der Waals surface area contributed by atoms with Crippen molar-refractivity contribution in [1.29, 1.82) is 0 Å². The van der Waals surface area contributed by atoms with Crippen LogP contribution in [-0.2, 0) is 16.0 Å². The van der Waals surface area contributed by atoms with Crippen molar-refractivity contribution in [3.05, 3.63) is 53.6 Å². The normalized spacial score (nSPS) is 15.9. The van der Waals surface area contributed by atoms with E-state index in [2.05, 4.69) is 20.6 Å². The Labute approximate surface area is 191 Å². The number of ether oxygens (including phenoxy) is 1. The molecule has 0 aliphatic heterocycles. The summed E-state index contributed by atoms with van der Waals surface area (Å²) < 4.78 is 20.6. The monoisotopic (exact) mass is 453 g/mol. The Morgan fingerprint density at radius 3 is 2.73 bits per heavy atom. The van der Waals surface area contributed by atoms with Gasteiger partial charge in [-0.3, -0.25) is 9.59 Å². The van der Waals surface area contributed by atoms with Crippen LogP contribution in [0.1, 0.15) is 36.8 Å². The number of halogens is 1. The van der Waals surface area contributed by atoms with Gasteiger partial charge in [-0.25, -0.2) is 9.37 Å². The molecule has 0 radical (unpaired) electrons. The van der Waals surface area contributed by atoms with Crippen molar-refractivity contribution < 1.29 is 18.7 Å². The minimum atomic E-state index is -0.918. The van der Waals surface area contributed by atoms with Crippen LogP contribution in [-0.4, -0.2) is 40.4 Å². The minimum absolute atomic E-state index is 0.0643. The molecule has 1 aliphatic rings. The zero-order chi connectivity index (χ0) is 23.6. The van der Waals surface area contributed by atoms with E-state index in [-0.39, 0.29) is 18.1 Å². The lowest BCUT2D eigenvalue weighted by Crippen LogP contribution is -2.59. The van der Waals surface area contributed by atoms with E-state index in [0.29, 0.717) is 29.8 Å². The van der Waals surface area contributed by atoms with Gasteiger partial charge >= 0.3 is 0 Å². The number of H-pyrrole nitrogens is 1. The highest BCUT2D eigenvalue weighted by molar-refractivity contribution is 5.93. The number of hydrogen-bond donors (Lipinski definition) is 4. The second-order valence-corrected chi connectivity index (χ2v) is 8.54. The summed E-state index contributed by atoms with van der Waals surface area (Å²) in [5.74, 6) is -0.637. The molecule has 2 aromatic heterocycles. The zero-order valence-corrected chi connectivity index (χ0v) is 18.7. The van der Waals surface area contributed by atoms with Gasteiger partial charge in [0.1, 0.15) is 16.9 Å². The predicted molar refractivity (Wildman–Crippen MR) is 122 cm³/mol. The second-order valence-electron chi connectivity index (χ2n) is 8.54. The molecule has 5 N–H and O–H groups in total. The zero-order valence-electron chi connectivity index (χ0n) is 18.7. The average Bonchev–Trinajstić information content (AvgIpc) is 3.43. The first-order valence-electron chi connectivity index (χ1n) is 11.0. The summed E-state index contributed by atoms with van der Waals surface area (Å²) in [5.41, 5.74) is 7.34. The van der Waals surface area contributed by atoms with E-state index >= 15 is 0 Å². The topological polar surface area (TPSA) is 122 Å². The van der Waals surface area contributed by atoms with Crippen molar-refractivity contribution in [2.75, 3.05) is 7.05 Å². The highest BCUT2D eigenvalue weighted by atomic mass is 19.1. The molecule has 9 heteroatoms. The molecule has 33 heavy (non-hydrogen) atoms. The maximum absolute atomic E-state index is 14.8. The number of carbonyl (C=O) groups is 2. The molecular weight excluding hydrogens is 425 g/mol. The number of likely N-dealkylation sites (N-methyl/N-ethyl adjacent to an activating group) is 1. The van der Waals surface area contributed by atoms with Crippen LogP contribution in [0.25, 0.3) is 11.0 Å². The van der Waals surface area contributed by atoms with Crippen molar-refractivity contribution in [3.63, 3.8) is 0 Å². The molecule has 2 heterocycles. The Kier molecular flexibility index (Phi) is 6.33. The quantitative estimate of drug-likeness (QED) is 0.438. The first-order valence-corrected chi connectivity index (χ1v) is 11.0. The van der Waals surface area contributed by atoms with Crippen LogP contribution >= 0.6 is 0 Å². The maximum atomic E-state index is 14.8. The Balaban J connectivity index is 1.45. The molecule has 0 saturated heterocycles. The van der Waals surface area contributed by atoms with Gasteiger partial charge in [-0.2, -0.15) is 0 Å². The van der Waals surface area contributed by atoms with Crippen LogP contribution in [0.15, 0.2) is 36.7 Å². The first kappa shape index (κ1) is 22.7. The summed E-state index contributed by atoms with van der Waals surface area (Å²) in [6.07, 6.45) is 6.42. The number of nitrogens with zero attached hydrogens (tertiary/aromatic N) is 1. The SMILES string of the molecule is CNC(=O)C1(NC(=O)[C@@H](N)Cc2ccc(Oc3ccnc4[nH]cc(C)c34)c(F)c2)CCCC1. The fourth-order valence-electron chi connectivity index (χ4n) is 4.44. The highest BCUT2D eigenvalue weighted by Gasteiger charge is 2.42. The maximum Gasteiger partial charge on any atom is 0.245 e. The van der Waals surface area contributed by atoms with E-state index in [1.165, 1.54) is 12.1 Å². The average molecular weight is 454 g/mol. The van der Waals surface area contributed by atoms with E-state index in [4.69, 9.17) is 10.5 Å². The molecule has 8 nitrogen and oxygen atoms in total. The number of amides is 2. The van der Waals surface area contributed by atoms with Gasteiger partial charge in [-0.05, 0) is 55.5 Å². The van der Waals surface area contributed by atoms with Gasteiger partial charge in [0, 0.05) is 19.4 Å². The second kappa shape index (κ2) is 9.19. The Morgan fingerprint density at radius 1 is 1.27 bits per heavy atom. The van der Waals surface area contributed by atoms with Crippen LogP contribution in [0, 0.1) is 12.7 Å². The highest BCUT2D eigenvalue weighted by Crippen LogP contribution is 2.33.